The summed E-state index contributed by atoms with van der Waals surface area (Å²) < 4.78 is 0. The van der Waals surface area contributed by atoms with Gasteiger partial charge in [-0.25, -0.2) is 4.99 Å². The third-order valence-corrected chi connectivity index (χ3v) is 5.45. The first kappa shape index (κ1) is 24.4. The number of rotatable bonds is 8. The van der Waals surface area contributed by atoms with Gasteiger partial charge in [0.15, 0.2) is 5.96 Å². The monoisotopic (exact) mass is 527 g/mol. The summed E-state index contributed by atoms with van der Waals surface area (Å²) in [6.45, 7) is 4.68. The number of aliphatic imine (C=N–C) groups is 1. The number of carbonyl (C=O) groups excluding carboxylic acids is 2. The number of halogens is 1. The average molecular weight is 527 g/mol. The molecule has 1 saturated carbocycles. The summed E-state index contributed by atoms with van der Waals surface area (Å²) in [4.78, 5) is 30.3. The Balaban J connectivity index is 0.00000320. The van der Waals surface area contributed by atoms with Crippen molar-refractivity contribution in [1.29, 1.82) is 0 Å². The first-order chi connectivity index (χ1) is 14.2. The van der Waals surface area contributed by atoms with Gasteiger partial charge in [0.05, 0.1) is 6.54 Å². The second kappa shape index (κ2) is 12.8. The Morgan fingerprint density at radius 2 is 1.87 bits per heavy atom. The van der Waals surface area contributed by atoms with Gasteiger partial charge >= 0.3 is 0 Å². The van der Waals surface area contributed by atoms with Crippen LogP contribution >= 0.6 is 24.0 Å². The van der Waals surface area contributed by atoms with Crippen molar-refractivity contribution in [2.75, 3.05) is 24.5 Å². The van der Waals surface area contributed by atoms with Crippen LogP contribution in [0.15, 0.2) is 29.3 Å². The van der Waals surface area contributed by atoms with Gasteiger partial charge in [0, 0.05) is 44.2 Å². The minimum absolute atomic E-state index is 0. The highest BCUT2D eigenvalue weighted by Gasteiger charge is 2.21. The summed E-state index contributed by atoms with van der Waals surface area (Å²) in [6.07, 6.45) is 6.66. The number of hydrogen-bond donors (Lipinski definition) is 3. The molecule has 0 radical (unpaired) electrons. The SMILES string of the molecule is CCNC(=NCc1ccc(N2CCCC2=O)cc1)NCCC(=O)NC1CCCC1.I. The van der Waals surface area contributed by atoms with Gasteiger partial charge in [0.2, 0.25) is 11.8 Å². The maximum atomic E-state index is 12.0. The maximum absolute atomic E-state index is 12.0. The number of carbonyl (C=O) groups is 2. The van der Waals surface area contributed by atoms with E-state index in [0.717, 1.165) is 43.6 Å². The average Bonchev–Trinajstić information content (AvgIpc) is 3.38. The minimum atomic E-state index is 0. The first-order valence-electron chi connectivity index (χ1n) is 10.9. The van der Waals surface area contributed by atoms with Crippen LogP contribution in [0.5, 0.6) is 0 Å². The van der Waals surface area contributed by atoms with Crippen LogP contribution in [0.25, 0.3) is 0 Å². The van der Waals surface area contributed by atoms with Gasteiger partial charge in [0.25, 0.3) is 0 Å². The Kier molecular flexibility index (Phi) is 10.4. The van der Waals surface area contributed by atoms with Crippen LogP contribution in [0.2, 0.25) is 0 Å². The predicted molar refractivity (Wildman–Crippen MR) is 131 cm³/mol. The zero-order valence-corrected chi connectivity index (χ0v) is 20.1. The Morgan fingerprint density at radius 1 is 1.13 bits per heavy atom. The summed E-state index contributed by atoms with van der Waals surface area (Å²) >= 11 is 0. The Labute approximate surface area is 196 Å². The molecule has 2 amide bonds. The van der Waals surface area contributed by atoms with Gasteiger partial charge in [-0.1, -0.05) is 25.0 Å². The van der Waals surface area contributed by atoms with Crippen molar-refractivity contribution in [3.8, 4) is 0 Å². The van der Waals surface area contributed by atoms with Crippen LogP contribution in [-0.2, 0) is 16.1 Å². The number of hydrogen-bond acceptors (Lipinski definition) is 3. The van der Waals surface area contributed by atoms with Gasteiger partial charge in [-0.15, -0.1) is 24.0 Å². The quantitative estimate of drug-likeness (QED) is 0.276. The summed E-state index contributed by atoms with van der Waals surface area (Å²) in [5.41, 5.74) is 2.04. The summed E-state index contributed by atoms with van der Waals surface area (Å²) in [7, 11) is 0. The molecule has 1 saturated heterocycles. The number of nitrogens with one attached hydrogen (secondary N) is 3. The molecule has 0 bridgehead atoms. The molecule has 0 atom stereocenters. The lowest BCUT2D eigenvalue weighted by Crippen LogP contribution is -2.40. The second-order valence-electron chi connectivity index (χ2n) is 7.74. The van der Waals surface area contributed by atoms with Crippen molar-refractivity contribution < 1.29 is 9.59 Å². The molecular formula is C22H34IN5O2. The van der Waals surface area contributed by atoms with Crippen LogP contribution in [-0.4, -0.2) is 43.5 Å². The summed E-state index contributed by atoms with van der Waals surface area (Å²) in [5, 5.41) is 9.56. The van der Waals surface area contributed by atoms with E-state index >= 15 is 0 Å². The van der Waals surface area contributed by atoms with Crippen LogP contribution in [0.4, 0.5) is 5.69 Å². The number of nitrogens with zero attached hydrogens (tertiary/aromatic N) is 2. The molecule has 1 aliphatic heterocycles. The van der Waals surface area contributed by atoms with E-state index in [1.54, 1.807) is 0 Å². The first-order valence-corrected chi connectivity index (χ1v) is 10.9. The Morgan fingerprint density at radius 3 is 2.50 bits per heavy atom. The number of benzene rings is 1. The predicted octanol–water partition coefficient (Wildman–Crippen LogP) is 2.94. The molecule has 1 aromatic carbocycles. The zero-order chi connectivity index (χ0) is 20.5. The lowest BCUT2D eigenvalue weighted by atomic mass is 10.2. The van der Waals surface area contributed by atoms with E-state index in [9.17, 15) is 9.59 Å². The Bertz CT molecular complexity index is 717. The molecule has 8 heteroatoms. The van der Waals surface area contributed by atoms with Crippen molar-refractivity contribution in [1.82, 2.24) is 16.0 Å². The van der Waals surface area contributed by atoms with E-state index in [2.05, 4.69) is 20.9 Å². The smallest absolute Gasteiger partial charge is 0.227 e. The molecule has 1 aliphatic carbocycles. The lowest BCUT2D eigenvalue weighted by molar-refractivity contribution is -0.121. The fourth-order valence-electron chi connectivity index (χ4n) is 3.88. The fraction of sp³-hybridized carbons (Fsp3) is 0.591. The van der Waals surface area contributed by atoms with E-state index in [1.165, 1.54) is 12.8 Å². The van der Waals surface area contributed by atoms with Crippen molar-refractivity contribution >= 4 is 47.4 Å². The van der Waals surface area contributed by atoms with Gasteiger partial charge in [-0.3, -0.25) is 9.59 Å². The normalized spacial score (nSPS) is 17.0. The van der Waals surface area contributed by atoms with Crippen LogP contribution in [0.3, 0.4) is 0 Å². The molecule has 1 aromatic rings. The Hall–Kier alpha value is -1.84. The molecule has 2 fully saturated rings. The molecule has 3 N–H and O–H groups in total. The molecule has 7 nitrogen and oxygen atoms in total. The van der Waals surface area contributed by atoms with Gasteiger partial charge in [0.1, 0.15) is 0 Å². The largest absolute Gasteiger partial charge is 0.357 e. The van der Waals surface area contributed by atoms with Crippen molar-refractivity contribution in [2.24, 2.45) is 4.99 Å². The minimum Gasteiger partial charge on any atom is -0.357 e. The fourth-order valence-corrected chi connectivity index (χ4v) is 3.88. The molecular weight excluding hydrogens is 493 g/mol. The standard InChI is InChI=1S/C22H33N5O2.HI/c1-2-23-22(24-14-13-20(28)26-18-6-3-4-7-18)25-16-17-9-11-19(12-10-17)27-15-5-8-21(27)29;/h9-12,18H,2-8,13-16H2,1H3,(H,26,28)(H2,23,24,25);1H. The molecule has 3 rings (SSSR count). The maximum Gasteiger partial charge on any atom is 0.227 e. The third-order valence-electron chi connectivity index (χ3n) is 5.45. The van der Waals surface area contributed by atoms with E-state index in [4.69, 9.17) is 0 Å². The van der Waals surface area contributed by atoms with E-state index < -0.39 is 0 Å². The molecule has 0 unspecified atom stereocenters. The van der Waals surface area contributed by atoms with Crippen LogP contribution in [0, 0.1) is 0 Å². The zero-order valence-electron chi connectivity index (χ0n) is 17.8. The number of amides is 2. The van der Waals surface area contributed by atoms with Crippen LogP contribution < -0.4 is 20.9 Å². The van der Waals surface area contributed by atoms with Crippen molar-refractivity contribution in [3.05, 3.63) is 29.8 Å². The summed E-state index contributed by atoms with van der Waals surface area (Å²) in [6, 6.07) is 8.37. The van der Waals surface area contributed by atoms with E-state index in [1.807, 2.05) is 36.1 Å². The molecule has 166 valence electrons. The molecule has 0 aromatic heterocycles. The molecule has 1 heterocycles. The highest BCUT2D eigenvalue weighted by Crippen LogP contribution is 2.21. The third kappa shape index (κ3) is 7.45. The summed E-state index contributed by atoms with van der Waals surface area (Å²) in [5.74, 6) is 1.01. The number of anilines is 1. The van der Waals surface area contributed by atoms with Crippen LogP contribution in [0.1, 0.15) is 57.4 Å². The number of guanidine groups is 1. The van der Waals surface area contributed by atoms with Gasteiger partial charge < -0.3 is 20.9 Å². The van der Waals surface area contributed by atoms with Crippen molar-refractivity contribution in [3.63, 3.8) is 0 Å². The topological polar surface area (TPSA) is 85.8 Å². The second-order valence-corrected chi connectivity index (χ2v) is 7.74. The molecule has 0 spiro atoms. The lowest BCUT2D eigenvalue weighted by Gasteiger charge is -2.16. The van der Waals surface area contributed by atoms with Gasteiger partial charge in [-0.2, -0.15) is 0 Å². The van der Waals surface area contributed by atoms with Gasteiger partial charge in [-0.05, 0) is 43.9 Å². The molecule has 30 heavy (non-hydrogen) atoms. The van der Waals surface area contributed by atoms with E-state index in [-0.39, 0.29) is 35.8 Å². The highest BCUT2D eigenvalue weighted by atomic mass is 127. The van der Waals surface area contributed by atoms with E-state index in [0.29, 0.717) is 37.9 Å². The van der Waals surface area contributed by atoms with Crippen molar-refractivity contribution in [2.45, 2.75) is 64.5 Å². The highest BCUT2D eigenvalue weighted by molar-refractivity contribution is 14.0. The molecule has 2 aliphatic rings.